The molecule has 2 unspecified atom stereocenters. The van der Waals surface area contributed by atoms with Crippen LogP contribution in [-0.2, 0) is 0 Å². The molecule has 3 N–H and O–H groups in total. The summed E-state index contributed by atoms with van der Waals surface area (Å²) in [6.45, 7) is 0. The predicted molar refractivity (Wildman–Crippen MR) is 60.8 cm³/mol. The number of nitrogens with one attached hydrogen (secondary N) is 1. The van der Waals surface area contributed by atoms with Crippen LogP contribution in [0.4, 0.5) is 4.39 Å². The zero-order valence-corrected chi connectivity index (χ0v) is 9.54. The maximum Gasteiger partial charge on any atom is 0.123 e. The lowest BCUT2D eigenvalue weighted by Gasteiger charge is -2.02. The molecule has 0 spiro atoms. The highest BCUT2D eigenvalue weighted by Gasteiger charge is 2.38. The summed E-state index contributed by atoms with van der Waals surface area (Å²) in [5.74, 6) is 5.54. The van der Waals surface area contributed by atoms with Gasteiger partial charge in [-0.15, -0.1) is 0 Å². The Morgan fingerprint density at radius 1 is 1.60 bits per heavy atom. The highest BCUT2D eigenvalue weighted by atomic mass is 79.9. The topological polar surface area (TPSA) is 50.4 Å². The molecule has 1 aliphatic rings. The van der Waals surface area contributed by atoms with Gasteiger partial charge >= 0.3 is 0 Å². The predicted octanol–water partition coefficient (Wildman–Crippen LogP) is 2.14. The maximum atomic E-state index is 13.0. The van der Waals surface area contributed by atoms with Crippen molar-refractivity contribution in [2.45, 2.75) is 12.3 Å². The van der Waals surface area contributed by atoms with Crippen LogP contribution in [0.25, 0.3) is 0 Å². The van der Waals surface area contributed by atoms with Crippen LogP contribution in [0.3, 0.4) is 0 Å². The number of hydrogen-bond donors (Lipinski definition) is 2. The van der Waals surface area contributed by atoms with Crippen LogP contribution in [0.5, 0.6) is 0 Å². The van der Waals surface area contributed by atoms with Gasteiger partial charge in [-0.25, -0.2) is 15.8 Å². The minimum Gasteiger partial charge on any atom is -0.246 e. The summed E-state index contributed by atoms with van der Waals surface area (Å²) >= 11 is 3.42. The Labute approximate surface area is 95.6 Å². The van der Waals surface area contributed by atoms with E-state index in [-0.39, 0.29) is 5.82 Å². The van der Waals surface area contributed by atoms with Crippen molar-refractivity contribution in [3.63, 3.8) is 0 Å². The second kappa shape index (κ2) is 4.28. The lowest BCUT2D eigenvalue weighted by molar-refractivity contribution is 0.625. The second-order valence-corrected chi connectivity index (χ2v) is 4.43. The molecule has 80 valence electrons. The molecule has 3 nitrogen and oxygen atoms in total. The average molecular weight is 272 g/mol. The third-order valence-electron chi connectivity index (χ3n) is 2.54. The Balaban J connectivity index is 2.12. The Morgan fingerprint density at radius 3 is 3.13 bits per heavy atom. The molecule has 1 aromatic carbocycles. The smallest absolute Gasteiger partial charge is 0.123 e. The van der Waals surface area contributed by atoms with E-state index in [9.17, 15) is 4.39 Å². The molecule has 0 saturated heterocycles. The normalized spacial score (nSPS) is 24.5. The molecular weight excluding hydrogens is 261 g/mol. The fraction of sp³-hybridized carbons (Fsp3) is 0.300. The van der Waals surface area contributed by atoms with Gasteiger partial charge in [0.15, 0.2) is 0 Å². The SMILES string of the molecule is NN/N=C\C1CC1c1cc(F)ccc1Br. The molecule has 1 saturated carbocycles. The molecule has 0 bridgehead atoms. The van der Waals surface area contributed by atoms with E-state index in [0.717, 1.165) is 16.5 Å². The summed E-state index contributed by atoms with van der Waals surface area (Å²) < 4.78 is 14.0. The highest BCUT2D eigenvalue weighted by molar-refractivity contribution is 9.10. The van der Waals surface area contributed by atoms with Crippen molar-refractivity contribution < 1.29 is 4.39 Å². The molecule has 2 atom stereocenters. The van der Waals surface area contributed by atoms with Crippen LogP contribution in [0, 0.1) is 11.7 Å². The third-order valence-corrected chi connectivity index (χ3v) is 3.26. The molecule has 5 heteroatoms. The van der Waals surface area contributed by atoms with E-state index in [1.54, 1.807) is 18.3 Å². The summed E-state index contributed by atoms with van der Waals surface area (Å²) in [7, 11) is 0. The maximum absolute atomic E-state index is 13.0. The van der Waals surface area contributed by atoms with Crippen LogP contribution in [-0.4, -0.2) is 6.21 Å². The Hall–Kier alpha value is -0.940. The van der Waals surface area contributed by atoms with Crippen molar-refractivity contribution in [1.82, 2.24) is 5.53 Å². The molecule has 1 aliphatic carbocycles. The fourth-order valence-corrected chi connectivity index (χ4v) is 2.22. The van der Waals surface area contributed by atoms with Gasteiger partial charge in [-0.2, -0.15) is 5.10 Å². The largest absolute Gasteiger partial charge is 0.246 e. The number of benzene rings is 1. The summed E-state index contributed by atoms with van der Waals surface area (Å²) in [4.78, 5) is 0. The van der Waals surface area contributed by atoms with E-state index in [2.05, 4.69) is 26.6 Å². The van der Waals surface area contributed by atoms with Crippen molar-refractivity contribution in [3.05, 3.63) is 34.1 Å². The van der Waals surface area contributed by atoms with Crippen LogP contribution in [0.2, 0.25) is 0 Å². The first-order valence-corrected chi connectivity index (χ1v) is 5.45. The first-order valence-electron chi connectivity index (χ1n) is 4.66. The van der Waals surface area contributed by atoms with E-state index in [1.807, 2.05) is 0 Å². The summed E-state index contributed by atoms with van der Waals surface area (Å²) in [6.07, 6.45) is 2.76. The van der Waals surface area contributed by atoms with Crippen molar-refractivity contribution in [3.8, 4) is 0 Å². The molecule has 2 rings (SSSR count). The van der Waals surface area contributed by atoms with E-state index in [1.165, 1.54) is 6.07 Å². The van der Waals surface area contributed by atoms with E-state index in [4.69, 9.17) is 5.84 Å². The molecule has 15 heavy (non-hydrogen) atoms. The standard InChI is InChI=1S/C10H11BrFN3/c11-10-2-1-7(12)4-9(10)8-3-6(8)5-14-15-13/h1-2,4-6,8,15H,3,13H2/b14-5-. The Morgan fingerprint density at radius 2 is 2.40 bits per heavy atom. The quantitative estimate of drug-likeness (QED) is 0.503. The lowest BCUT2D eigenvalue weighted by atomic mass is 10.1. The lowest BCUT2D eigenvalue weighted by Crippen LogP contribution is -2.14. The van der Waals surface area contributed by atoms with Crippen molar-refractivity contribution in [2.75, 3.05) is 0 Å². The van der Waals surface area contributed by atoms with Gasteiger partial charge < -0.3 is 0 Å². The number of hydrazone groups is 1. The van der Waals surface area contributed by atoms with Gasteiger partial charge in [-0.1, -0.05) is 15.9 Å². The van der Waals surface area contributed by atoms with Crippen LogP contribution in [0.1, 0.15) is 17.9 Å². The second-order valence-electron chi connectivity index (χ2n) is 3.58. The number of nitrogens with two attached hydrogens (primary N) is 1. The van der Waals surface area contributed by atoms with Crippen molar-refractivity contribution in [1.29, 1.82) is 0 Å². The summed E-state index contributed by atoms with van der Waals surface area (Å²) in [5, 5.41) is 3.76. The molecule has 1 fully saturated rings. The molecule has 0 heterocycles. The molecule has 0 radical (unpaired) electrons. The van der Waals surface area contributed by atoms with Gasteiger partial charge in [0, 0.05) is 16.6 Å². The van der Waals surface area contributed by atoms with Gasteiger partial charge in [-0.3, -0.25) is 0 Å². The zero-order valence-electron chi connectivity index (χ0n) is 7.95. The minimum atomic E-state index is -0.201. The van der Waals surface area contributed by atoms with Crippen LogP contribution < -0.4 is 11.4 Å². The number of rotatable bonds is 3. The van der Waals surface area contributed by atoms with Crippen molar-refractivity contribution in [2.24, 2.45) is 16.9 Å². The molecule has 0 amide bonds. The number of hydrogen-bond acceptors (Lipinski definition) is 3. The zero-order chi connectivity index (χ0) is 10.8. The summed E-state index contributed by atoms with van der Waals surface area (Å²) in [6, 6.07) is 4.75. The van der Waals surface area contributed by atoms with E-state index < -0.39 is 0 Å². The van der Waals surface area contributed by atoms with Crippen molar-refractivity contribution >= 4 is 22.1 Å². The van der Waals surface area contributed by atoms with Gasteiger partial charge in [0.1, 0.15) is 5.82 Å². The first kappa shape index (κ1) is 10.6. The van der Waals surface area contributed by atoms with E-state index >= 15 is 0 Å². The molecule has 0 aromatic heterocycles. The van der Waals surface area contributed by atoms with Gasteiger partial charge in [0.25, 0.3) is 0 Å². The fourth-order valence-electron chi connectivity index (χ4n) is 1.67. The molecule has 1 aromatic rings. The highest BCUT2D eigenvalue weighted by Crippen LogP contribution is 2.48. The van der Waals surface area contributed by atoms with Crippen LogP contribution in [0.15, 0.2) is 27.8 Å². The number of nitrogens with zero attached hydrogens (tertiary/aromatic N) is 1. The minimum absolute atomic E-state index is 0.201. The Bertz CT molecular complexity index is 394. The monoisotopic (exact) mass is 271 g/mol. The Kier molecular flexibility index (Phi) is 3.02. The van der Waals surface area contributed by atoms with Gasteiger partial charge in [0.2, 0.25) is 0 Å². The number of halogens is 2. The van der Waals surface area contributed by atoms with E-state index in [0.29, 0.717) is 11.8 Å². The van der Waals surface area contributed by atoms with Crippen LogP contribution >= 0.6 is 15.9 Å². The molecule has 0 aliphatic heterocycles. The van der Waals surface area contributed by atoms with Gasteiger partial charge in [0.05, 0.1) is 0 Å². The third kappa shape index (κ3) is 2.35. The first-order chi connectivity index (χ1) is 7.22. The molecular formula is C10H11BrFN3. The summed E-state index contributed by atoms with van der Waals surface area (Å²) in [5.41, 5.74) is 3.22. The average Bonchev–Trinajstić information content (AvgIpc) is 2.98. The number of hydrazine groups is 1. The van der Waals surface area contributed by atoms with Gasteiger partial charge in [-0.05, 0) is 36.1 Å².